The van der Waals surface area contributed by atoms with Gasteiger partial charge in [0.1, 0.15) is 0 Å². The monoisotopic (exact) mass is 284 g/mol. The molecule has 1 aromatic rings. The first-order valence-electron chi connectivity index (χ1n) is 5.58. The van der Waals surface area contributed by atoms with Gasteiger partial charge in [-0.1, -0.05) is 0 Å². The normalized spacial score (nSPS) is 24.4. The van der Waals surface area contributed by atoms with Crippen molar-refractivity contribution in [2.75, 3.05) is 0 Å². The molecule has 1 fully saturated rings. The zero-order chi connectivity index (χ0) is 11.4. The first-order chi connectivity index (χ1) is 7.75. The average molecular weight is 283 g/mol. The Morgan fingerprint density at radius 1 is 1.38 bits per heavy atom. The van der Waals surface area contributed by atoms with Crippen molar-refractivity contribution < 1.29 is 9.53 Å². The molecule has 1 saturated heterocycles. The van der Waals surface area contributed by atoms with E-state index in [1.165, 1.54) is 5.56 Å². The number of rotatable bonds is 4. The Morgan fingerprint density at radius 3 is 2.75 bits per heavy atom. The van der Waals surface area contributed by atoms with Gasteiger partial charge in [0.15, 0.2) is 0 Å². The van der Waals surface area contributed by atoms with Gasteiger partial charge in [-0.25, -0.2) is 0 Å². The second kappa shape index (κ2) is 5.51. The van der Waals surface area contributed by atoms with Crippen molar-refractivity contribution in [2.24, 2.45) is 5.92 Å². The van der Waals surface area contributed by atoms with Crippen molar-refractivity contribution >= 4 is 20.9 Å². The molecule has 2 nitrogen and oxygen atoms in total. The third-order valence-corrected chi connectivity index (χ3v) is 5.12. The summed E-state index contributed by atoms with van der Waals surface area (Å²) in [7, 11) is 0. The van der Waals surface area contributed by atoms with Crippen LogP contribution in [0.5, 0.6) is 0 Å². The number of carbonyl (C=O) groups is 1. The first-order valence-corrected chi connectivity index (χ1v) is 8.00. The Kier molecular flexibility index (Phi) is 4.03. The molecule has 1 aliphatic heterocycles. The number of benzene rings is 1. The van der Waals surface area contributed by atoms with Gasteiger partial charge >= 0.3 is 102 Å². The second-order valence-electron chi connectivity index (χ2n) is 4.20. The van der Waals surface area contributed by atoms with E-state index in [1.54, 1.807) is 0 Å². The van der Waals surface area contributed by atoms with Gasteiger partial charge in [0.05, 0.1) is 0 Å². The second-order valence-corrected chi connectivity index (χ2v) is 6.36. The summed E-state index contributed by atoms with van der Waals surface area (Å²) in [5, 5.41) is 2.19. The molecule has 16 heavy (non-hydrogen) atoms. The maximum absolute atomic E-state index is 11.2. The summed E-state index contributed by atoms with van der Waals surface area (Å²) in [6, 6.07) is 10.5. The molecular weight excluding hydrogens is 267 g/mol. The van der Waals surface area contributed by atoms with Gasteiger partial charge in [-0.3, -0.25) is 0 Å². The van der Waals surface area contributed by atoms with Crippen LogP contribution in [0.1, 0.15) is 18.9 Å². The molecular formula is C13H16O2Se. The van der Waals surface area contributed by atoms with Crippen LogP contribution in [0.4, 0.5) is 0 Å². The number of esters is 1. The third kappa shape index (κ3) is 3.10. The zero-order valence-electron chi connectivity index (χ0n) is 9.39. The molecule has 0 amide bonds. The Hall–Kier alpha value is -0.791. The van der Waals surface area contributed by atoms with Gasteiger partial charge in [-0.2, -0.15) is 0 Å². The van der Waals surface area contributed by atoms with Crippen molar-refractivity contribution in [2.45, 2.75) is 30.1 Å². The van der Waals surface area contributed by atoms with Crippen molar-refractivity contribution in [3.8, 4) is 0 Å². The van der Waals surface area contributed by atoms with E-state index in [4.69, 9.17) is 4.74 Å². The van der Waals surface area contributed by atoms with Crippen LogP contribution >= 0.6 is 0 Å². The van der Waals surface area contributed by atoms with E-state index >= 15 is 0 Å². The first kappa shape index (κ1) is 11.7. The van der Waals surface area contributed by atoms with E-state index in [2.05, 4.69) is 24.3 Å². The van der Waals surface area contributed by atoms with E-state index in [-0.39, 0.29) is 18.0 Å². The quantitative estimate of drug-likeness (QED) is 0.626. The average Bonchev–Trinajstić information content (AvgIpc) is 2.60. The predicted octanol–water partition coefficient (Wildman–Crippen LogP) is 2.26. The van der Waals surface area contributed by atoms with E-state index in [1.807, 2.05) is 13.0 Å². The van der Waals surface area contributed by atoms with Gasteiger partial charge in [-0.05, 0) is 0 Å². The number of cyclic esters (lactones) is 1. The van der Waals surface area contributed by atoms with Gasteiger partial charge in [0, 0.05) is 0 Å². The number of carbonyl (C=O) groups excluding carboxylic acids is 1. The Labute approximate surface area is 103 Å². The predicted molar refractivity (Wildman–Crippen MR) is 64.4 cm³/mol. The molecule has 0 spiro atoms. The fourth-order valence-corrected chi connectivity index (χ4v) is 3.93. The molecule has 2 unspecified atom stereocenters. The summed E-state index contributed by atoms with van der Waals surface area (Å²) in [5.41, 5.74) is 1.39. The van der Waals surface area contributed by atoms with Crippen LogP contribution in [-0.4, -0.2) is 27.0 Å². The van der Waals surface area contributed by atoms with Crippen molar-refractivity contribution in [3.63, 3.8) is 0 Å². The summed E-state index contributed by atoms with van der Waals surface area (Å²) in [6.45, 7) is 1.95. The SMILES string of the molecule is CC1CC(C[Se]Cc2ccccc2)OC1=O. The minimum absolute atomic E-state index is 0.0134. The van der Waals surface area contributed by atoms with Crippen LogP contribution in [0, 0.1) is 5.92 Å². The van der Waals surface area contributed by atoms with E-state index in [9.17, 15) is 4.79 Å². The molecule has 0 aromatic heterocycles. The molecule has 1 heterocycles. The standard InChI is InChI=1S/C13H16O2Se/c1-10-7-12(15-13(10)14)9-16-8-11-5-3-2-4-6-11/h2-6,10,12H,7-9H2,1H3. The molecule has 0 saturated carbocycles. The zero-order valence-corrected chi connectivity index (χ0v) is 11.1. The van der Waals surface area contributed by atoms with Crippen molar-refractivity contribution in [3.05, 3.63) is 35.9 Å². The van der Waals surface area contributed by atoms with Crippen LogP contribution in [0.25, 0.3) is 0 Å². The molecule has 0 radical (unpaired) electrons. The van der Waals surface area contributed by atoms with Crippen molar-refractivity contribution in [1.29, 1.82) is 0 Å². The summed E-state index contributed by atoms with van der Waals surface area (Å²) < 4.78 is 5.29. The van der Waals surface area contributed by atoms with E-state index in [0.29, 0.717) is 15.0 Å². The van der Waals surface area contributed by atoms with Crippen LogP contribution in [0.2, 0.25) is 5.32 Å². The minimum atomic E-state index is -0.0134. The van der Waals surface area contributed by atoms with Gasteiger partial charge in [-0.15, -0.1) is 0 Å². The summed E-state index contributed by atoms with van der Waals surface area (Å²) in [5.74, 6) is 0.0954. The molecule has 86 valence electrons. The Balaban J connectivity index is 1.71. The molecule has 1 aromatic carbocycles. The fraction of sp³-hybridized carbons (Fsp3) is 0.462. The molecule has 0 aliphatic carbocycles. The fourth-order valence-electron chi connectivity index (χ4n) is 1.80. The van der Waals surface area contributed by atoms with Crippen LogP contribution < -0.4 is 0 Å². The number of hydrogen-bond donors (Lipinski definition) is 0. The molecule has 1 aliphatic rings. The van der Waals surface area contributed by atoms with Crippen molar-refractivity contribution in [1.82, 2.24) is 0 Å². The molecule has 3 heteroatoms. The van der Waals surface area contributed by atoms with Crippen LogP contribution in [0.15, 0.2) is 30.3 Å². The van der Waals surface area contributed by atoms with Crippen LogP contribution in [-0.2, 0) is 14.9 Å². The summed E-state index contributed by atoms with van der Waals surface area (Å²) in [6.07, 6.45) is 1.10. The Morgan fingerprint density at radius 2 is 2.12 bits per heavy atom. The number of ether oxygens (including phenoxy) is 1. The topological polar surface area (TPSA) is 26.3 Å². The van der Waals surface area contributed by atoms with Gasteiger partial charge < -0.3 is 0 Å². The summed E-state index contributed by atoms with van der Waals surface area (Å²) in [4.78, 5) is 11.2. The Bertz CT molecular complexity index is 350. The van der Waals surface area contributed by atoms with Crippen LogP contribution in [0.3, 0.4) is 0 Å². The van der Waals surface area contributed by atoms with E-state index < -0.39 is 0 Å². The maximum atomic E-state index is 11.2. The van der Waals surface area contributed by atoms with Gasteiger partial charge in [0.2, 0.25) is 0 Å². The number of hydrogen-bond acceptors (Lipinski definition) is 2. The van der Waals surface area contributed by atoms with E-state index in [0.717, 1.165) is 17.1 Å². The molecule has 0 bridgehead atoms. The summed E-state index contributed by atoms with van der Waals surface area (Å²) >= 11 is 0.538. The molecule has 2 rings (SSSR count). The molecule has 0 N–H and O–H groups in total. The molecule has 2 atom stereocenters. The van der Waals surface area contributed by atoms with Gasteiger partial charge in [0.25, 0.3) is 0 Å². The third-order valence-electron chi connectivity index (χ3n) is 2.72.